The fourth-order valence-corrected chi connectivity index (χ4v) is 1.18. The van der Waals surface area contributed by atoms with Crippen LogP contribution in [0.25, 0.3) is 0 Å². The number of nitrogens with zero attached hydrogens (tertiary/aromatic N) is 4. The van der Waals surface area contributed by atoms with E-state index in [4.69, 9.17) is 10.4 Å². The number of rotatable bonds is 1. The third-order valence-corrected chi connectivity index (χ3v) is 1.94. The molecule has 13 heavy (non-hydrogen) atoms. The van der Waals surface area contributed by atoms with E-state index in [1.165, 1.54) is 6.20 Å². The second kappa shape index (κ2) is 2.99. The van der Waals surface area contributed by atoms with Crippen molar-refractivity contribution in [3.63, 3.8) is 0 Å². The Morgan fingerprint density at radius 1 is 1.46 bits per heavy atom. The summed E-state index contributed by atoms with van der Waals surface area (Å²) >= 11 is 0. The lowest BCUT2D eigenvalue weighted by Gasteiger charge is -2.36. The average Bonchev–Trinajstić information content (AvgIpc) is 2.13. The summed E-state index contributed by atoms with van der Waals surface area (Å²) in [5.41, 5.74) is 0.310. The van der Waals surface area contributed by atoms with Crippen molar-refractivity contribution < 1.29 is 5.11 Å². The molecule has 0 spiro atoms. The molecule has 2 rings (SSSR count). The van der Waals surface area contributed by atoms with Crippen LogP contribution in [-0.2, 0) is 0 Å². The number of hydrogen-bond donors (Lipinski definition) is 1. The Labute approximate surface area is 75.3 Å². The quantitative estimate of drug-likeness (QED) is 0.626. The van der Waals surface area contributed by atoms with Crippen molar-refractivity contribution in [2.75, 3.05) is 18.0 Å². The van der Waals surface area contributed by atoms with Crippen molar-refractivity contribution in [1.29, 1.82) is 5.26 Å². The van der Waals surface area contributed by atoms with Gasteiger partial charge in [0.1, 0.15) is 11.9 Å². The van der Waals surface area contributed by atoms with E-state index < -0.39 is 0 Å². The fraction of sp³-hybridized carbons (Fsp3) is 0.375. The van der Waals surface area contributed by atoms with Crippen LogP contribution in [0.15, 0.2) is 12.4 Å². The van der Waals surface area contributed by atoms with Crippen molar-refractivity contribution in [2.45, 2.75) is 6.10 Å². The minimum absolute atomic E-state index is 0.252. The van der Waals surface area contributed by atoms with Gasteiger partial charge in [-0.1, -0.05) is 0 Å². The van der Waals surface area contributed by atoms with Gasteiger partial charge in [0, 0.05) is 13.1 Å². The molecule has 1 saturated heterocycles. The highest BCUT2D eigenvalue weighted by atomic mass is 16.3. The maximum absolute atomic E-state index is 9.04. The lowest BCUT2D eigenvalue weighted by molar-refractivity contribution is 0.141. The van der Waals surface area contributed by atoms with Gasteiger partial charge in [-0.25, -0.2) is 9.97 Å². The molecule has 0 atom stereocenters. The highest BCUT2D eigenvalue weighted by Crippen LogP contribution is 2.16. The molecule has 0 aromatic carbocycles. The molecule has 0 saturated carbocycles. The summed E-state index contributed by atoms with van der Waals surface area (Å²) in [4.78, 5) is 9.82. The van der Waals surface area contributed by atoms with E-state index in [-0.39, 0.29) is 6.10 Å². The number of aliphatic hydroxyl groups excluding tert-OH is 1. The van der Waals surface area contributed by atoms with Crippen molar-refractivity contribution in [2.24, 2.45) is 0 Å². The van der Waals surface area contributed by atoms with Crippen LogP contribution < -0.4 is 4.90 Å². The molecule has 0 amide bonds. The van der Waals surface area contributed by atoms with Gasteiger partial charge < -0.3 is 10.0 Å². The van der Waals surface area contributed by atoms with Gasteiger partial charge in [0.15, 0.2) is 5.69 Å². The zero-order valence-electron chi connectivity index (χ0n) is 6.88. The average molecular weight is 176 g/mol. The smallest absolute Gasteiger partial charge is 0.158 e. The molecule has 1 aliphatic rings. The van der Waals surface area contributed by atoms with Gasteiger partial charge >= 0.3 is 0 Å². The SMILES string of the molecule is N#Cc1cnc(N2CC(O)C2)cn1. The summed E-state index contributed by atoms with van der Waals surface area (Å²) in [5.74, 6) is 0.712. The van der Waals surface area contributed by atoms with E-state index >= 15 is 0 Å². The van der Waals surface area contributed by atoms with Gasteiger partial charge in [-0.3, -0.25) is 0 Å². The predicted molar refractivity (Wildman–Crippen MR) is 45.0 cm³/mol. The van der Waals surface area contributed by atoms with Crippen LogP contribution in [0, 0.1) is 11.3 Å². The molecule has 1 aliphatic heterocycles. The first kappa shape index (κ1) is 7.95. The Morgan fingerprint density at radius 2 is 2.23 bits per heavy atom. The monoisotopic (exact) mass is 176 g/mol. The number of β-amino-alcohol motifs (C(OH)–C–C–N with tert-alkyl or cyclic N) is 1. The number of hydrogen-bond acceptors (Lipinski definition) is 5. The van der Waals surface area contributed by atoms with E-state index in [9.17, 15) is 0 Å². The summed E-state index contributed by atoms with van der Waals surface area (Å²) in [5, 5.41) is 17.5. The van der Waals surface area contributed by atoms with Crippen molar-refractivity contribution >= 4 is 5.82 Å². The lowest BCUT2D eigenvalue weighted by atomic mass is 10.2. The van der Waals surface area contributed by atoms with Gasteiger partial charge in [0.2, 0.25) is 0 Å². The zero-order chi connectivity index (χ0) is 9.26. The van der Waals surface area contributed by atoms with Crippen LogP contribution >= 0.6 is 0 Å². The second-order valence-corrected chi connectivity index (χ2v) is 2.93. The van der Waals surface area contributed by atoms with E-state index in [0.717, 1.165) is 0 Å². The molecule has 1 fully saturated rings. The molecule has 1 aromatic heterocycles. The van der Waals surface area contributed by atoms with Gasteiger partial charge in [-0.05, 0) is 0 Å². The van der Waals surface area contributed by atoms with Crippen LogP contribution in [0.4, 0.5) is 5.82 Å². The van der Waals surface area contributed by atoms with Gasteiger partial charge in [-0.15, -0.1) is 0 Å². The van der Waals surface area contributed by atoms with E-state index in [1.807, 2.05) is 11.0 Å². The van der Waals surface area contributed by atoms with Gasteiger partial charge in [-0.2, -0.15) is 5.26 Å². The van der Waals surface area contributed by atoms with Crippen LogP contribution in [0.2, 0.25) is 0 Å². The first-order valence-corrected chi connectivity index (χ1v) is 3.95. The van der Waals surface area contributed by atoms with Gasteiger partial charge in [0.25, 0.3) is 0 Å². The number of aromatic nitrogens is 2. The number of nitriles is 1. The summed E-state index contributed by atoms with van der Waals surface area (Å²) < 4.78 is 0. The third-order valence-electron chi connectivity index (χ3n) is 1.94. The lowest BCUT2D eigenvalue weighted by Crippen LogP contribution is -2.51. The maximum atomic E-state index is 9.04. The van der Waals surface area contributed by atoms with Crippen molar-refractivity contribution in [3.05, 3.63) is 18.1 Å². The first-order chi connectivity index (χ1) is 6.29. The Hall–Kier alpha value is -1.67. The largest absolute Gasteiger partial charge is 0.389 e. The van der Waals surface area contributed by atoms with Crippen LogP contribution in [0.3, 0.4) is 0 Å². The predicted octanol–water partition coefficient (Wildman–Crippen LogP) is -0.471. The third kappa shape index (κ3) is 1.44. The van der Waals surface area contributed by atoms with Gasteiger partial charge in [0.05, 0.1) is 18.5 Å². The van der Waals surface area contributed by atoms with Crippen LogP contribution in [-0.4, -0.2) is 34.3 Å². The van der Waals surface area contributed by atoms with E-state index in [1.54, 1.807) is 6.20 Å². The van der Waals surface area contributed by atoms with Crippen LogP contribution in [0.1, 0.15) is 5.69 Å². The molecule has 2 heterocycles. The molecular formula is C8H8N4O. The topological polar surface area (TPSA) is 73.0 Å². The minimum atomic E-state index is -0.252. The fourth-order valence-electron chi connectivity index (χ4n) is 1.18. The zero-order valence-corrected chi connectivity index (χ0v) is 6.88. The standard InChI is InChI=1S/C8H8N4O/c9-1-6-2-11-8(3-10-6)12-4-7(13)5-12/h2-3,7,13H,4-5H2. The molecule has 5 heteroatoms. The molecule has 0 bridgehead atoms. The van der Waals surface area contributed by atoms with E-state index in [2.05, 4.69) is 9.97 Å². The number of aliphatic hydroxyl groups is 1. The Bertz CT molecular complexity index is 336. The second-order valence-electron chi connectivity index (χ2n) is 2.93. The maximum Gasteiger partial charge on any atom is 0.158 e. The molecule has 0 aliphatic carbocycles. The first-order valence-electron chi connectivity index (χ1n) is 3.95. The van der Waals surface area contributed by atoms with Crippen molar-refractivity contribution in [1.82, 2.24) is 9.97 Å². The molecule has 1 N–H and O–H groups in total. The summed E-state index contributed by atoms with van der Waals surface area (Å²) in [6, 6.07) is 1.90. The molecule has 0 radical (unpaired) electrons. The molecule has 5 nitrogen and oxygen atoms in total. The number of anilines is 1. The Morgan fingerprint density at radius 3 is 2.69 bits per heavy atom. The summed E-state index contributed by atoms with van der Waals surface area (Å²) in [6.45, 7) is 1.20. The highest BCUT2D eigenvalue weighted by molar-refractivity contribution is 5.40. The molecular weight excluding hydrogens is 168 g/mol. The van der Waals surface area contributed by atoms with E-state index in [0.29, 0.717) is 24.6 Å². The Kier molecular flexibility index (Phi) is 1.83. The highest BCUT2D eigenvalue weighted by Gasteiger charge is 2.25. The minimum Gasteiger partial charge on any atom is -0.389 e. The summed E-state index contributed by atoms with van der Waals surface area (Å²) in [7, 11) is 0. The Balaban J connectivity index is 2.11. The normalized spacial score (nSPS) is 16.5. The van der Waals surface area contributed by atoms with Crippen LogP contribution in [0.5, 0.6) is 0 Å². The molecule has 66 valence electrons. The molecule has 1 aromatic rings. The summed E-state index contributed by atoms with van der Waals surface area (Å²) in [6.07, 6.45) is 2.72. The van der Waals surface area contributed by atoms with Crippen molar-refractivity contribution in [3.8, 4) is 6.07 Å². The molecule has 0 unspecified atom stereocenters.